The fraction of sp³-hybridized carbons (Fsp3) is 0.111. The lowest BCUT2D eigenvalue weighted by Gasteiger charge is -2.00. The molecule has 0 amide bonds. The Morgan fingerprint density at radius 2 is 1.95 bits per heavy atom. The molecule has 1 N–H and O–H groups in total. The number of carbonyl (C=O) groups excluding carboxylic acids is 1. The number of nitrogens with one attached hydrogen (secondary N) is 1. The molecule has 0 saturated carbocycles. The zero-order valence-electron chi connectivity index (χ0n) is 12.5. The molecule has 3 aromatic rings. The molecule has 0 spiro atoms. The monoisotopic (exact) mass is 292 g/mol. The van der Waals surface area contributed by atoms with Crippen molar-refractivity contribution >= 4 is 16.8 Å². The van der Waals surface area contributed by atoms with E-state index in [4.69, 9.17) is 4.74 Å². The minimum absolute atomic E-state index is 0.0296. The summed E-state index contributed by atoms with van der Waals surface area (Å²) in [5.74, 6) is 1.50. The zero-order valence-corrected chi connectivity index (χ0v) is 12.5. The maximum atomic E-state index is 12.1. The molecule has 0 atom stereocenters. The predicted molar refractivity (Wildman–Crippen MR) is 87.2 cm³/mol. The number of ether oxygens (including phenoxy) is 1. The number of hydrogen-bond donors (Lipinski definition) is 1. The number of carbonyl (C=O) groups is 1. The Hall–Kier alpha value is -2.88. The van der Waals surface area contributed by atoms with Gasteiger partial charge in [-0.2, -0.15) is 0 Å². The van der Waals surface area contributed by atoms with E-state index in [1.165, 1.54) is 0 Å². The molecule has 3 rings (SSSR count). The highest BCUT2D eigenvalue weighted by Crippen LogP contribution is 2.24. The van der Waals surface area contributed by atoms with Gasteiger partial charge >= 0.3 is 0 Å². The summed E-state index contributed by atoms with van der Waals surface area (Å²) >= 11 is 0. The third kappa shape index (κ3) is 2.51. The van der Waals surface area contributed by atoms with Crippen LogP contribution in [-0.2, 0) is 0 Å². The van der Waals surface area contributed by atoms with Crippen LogP contribution in [-0.4, -0.2) is 22.9 Å². The van der Waals surface area contributed by atoms with Gasteiger partial charge in [0, 0.05) is 11.1 Å². The van der Waals surface area contributed by atoms with Crippen LogP contribution in [0.5, 0.6) is 5.75 Å². The molecule has 0 aliphatic carbocycles. The molecule has 0 radical (unpaired) electrons. The van der Waals surface area contributed by atoms with Crippen molar-refractivity contribution in [1.82, 2.24) is 9.97 Å². The molecule has 4 heteroatoms. The number of rotatable bonds is 4. The van der Waals surface area contributed by atoms with Crippen LogP contribution in [0, 0.1) is 0 Å². The smallest absolute Gasteiger partial charge is 0.187 e. The average molecular weight is 292 g/mol. The van der Waals surface area contributed by atoms with Gasteiger partial charge in [0.2, 0.25) is 0 Å². The van der Waals surface area contributed by atoms with Gasteiger partial charge in [-0.15, -0.1) is 0 Å². The van der Waals surface area contributed by atoms with Crippen molar-refractivity contribution in [3.8, 4) is 17.1 Å². The third-order valence-corrected chi connectivity index (χ3v) is 3.47. The number of fused-ring (bicyclic) bond motifs is 1. The van der Waals surface area contributed by atoms with Crippen LogP contribution in [0.3, 0.4) is 0 Å². The summed E-state index contributed by atoms with van der Waals surface area (Å²) in [4.78, 5) is 20.0. The Labute approximate surface area is 128 Å². The van der Waals surface area contributed by atoms with Crippen LogP contribution < -0.4 is 4.74 Å². The lowest BCUT2D eigenvalue weighted by atomic mass is 10.1. The molecule has 0 bridgehead atoms. The first kappa shape index (κ1) is 14.1. The Morgan fingerprint density at radius 1 is 1.18 bits per heavy atom. The van der Waals surface area contributed by atoms with Crippen LogP contribution >= 0.6 is 0 Å². The summed E-state index contributed by atoms with van der Waals surface area (Å²) in [6, 6.07) is 13.2. The van der Waals surface area contributed by atoms with Crippen molar-refractivity contribution in [1.29, 1.82) is 0 Å². The van der Waals surface area contributed by atoms with Gasteiger partial charge in [-0.05, 0) is 49.4 Å². The average Bonchev–Trinajstić information content (AvgIpc) is 2.99. The highest BCUT2D eigenvalue weighted by molar-refractivity contribution is 6.12. The Balaban J connectivity index is 2.09. The van der Waals surface area contributed by atoms with Gasteiger partial charge in [-0.3, -0.25) is 4.79 Å². The molecule has 22 heavy (non-hydrogen) atoms. The standard InChI is InChI=1S/C18H16N2O2/c1-3-5-16(21)14-6-4-7-15-17(14)20-18(19-15)12-8-10-13(22-2)11-9-12/h3-11H,1-2H3,(H,19,20). The second-order valence-electron chi connectivity index (χ2n) is 4.88. The van der Waals surface area contributed by atoms with Crippen molar-refractivity contribution in [3.63, 3.8) is 0 Å². The van der Waals surface area contributed by atoms with Gasteiger partial charge in [-0.1, -0.05) is 12.1 Å². The number of benzene rings is 2. The number of allylic oxidation sites excluding steroid dienone is 2. The first-order chi connectivity index (χ1) is 10.7. The van der Waals surface area contributed by atoms with Gasteiger partial charge in [0.25, 0.3) is 0 Å². The van der Waals surface area contributed by atoms with Crippen LogP contribution in [0.25, 0.3) is 22.4 Å². The molecule has 0 aliphatic heterocycles. The van der Waals surface area contributed by atoms with Gasteiger partial charge in [0.05, 0.1) is 18.1 Å². The molecule has 1 aromatic heterocycles. The summed E-state index contributed by atoms with van der Waals surface area (Å²) in [5, 5.41) is 0. The SMILES string of the molecule is CC=CC(=O)c1cccc2nc(-c3ccc(OC)cc3)[nH]c12. The fourth-order valence-corrected chi connectivity index (χ4v) is 2.36. The largest absolute Gasteiger partial charge is 0.497 e. The van der Waals surface area contributed by atoms with Crippen molar-refractivity contribution in [3.05, 3.63) is 60.2 Å². The van der Waals surface area contributed by atoms with E-state index in [0.717, 1.165) is 28.2 Å². The lowest BCUT2D eigenvalue weighted by Crippen LogP contribution is -1.95. The Morgan fingerprint density at radius 3 is 2.64 bits per heavy atom. The van der Waals surface area contributed by atoms with Crippen LogP contribution in [0.15, 0.2) is 54.6 Å². The van der Waals surface area contributed by atoms with E-state index >= 15 is 0 Å². The first-order valence-electron chi connectivity index (χ1n) is 7.03. The van der Waals surface area contributed by atoms with E-state index in [9.17, 15) is 4.79 Å². The minimum Gasteiger partial charge on any atom is -0.497 e. The van der Waals surface area contributed by atoms with Crippen molar-refractivity contribution in [2.24, 2.45) is 0 Å². The second-order valence-corrected chi connectivity index (χ2v) is 4.88. The number of H-pyrrole nitrogens is 1. The van der Waals surface area contributed by atoms with E-state index in [1.54, 1.807) is 25.3 Å². The Bertz CT molecular complexity index is 845. The van der Waals surface area contributed by atoms with Crippen molar-refractivity contribution in [2.75, 3.05) is 7.11 Å². The molecule has 1 heterocycles. The fourth-order valence-electron chi connectivity index (χ4n) is 2.36. The predicted octanol–water partition coefficient (Wildman–Crippen LogP) is 4.00. The summed E-state index contributed by atoms with van der Waals surface area (Å²) < 4.78 is 5.16. The van der Waals surface area contributed by atoms with E-state index in [2.05, 4.69) is 9.97 Å². The minimum atomic E-state index is -0.0296. The van der Waals surface area contributed by atoms with Crippen LogP contribution in [0.2, 0.25) is 0 Å². The maximum absolute atomic E-state index is 12.1. The number of imidazole rings is 1. The van der Waals surface area contributed by atoms with E-state index in [1.807, 2.05) is 43.3 Å². The Kier molecular flexibility index (Phi) is 3.74. The summed E-state index contributed by atoms with van der Waals surface area (Å²) in [6.45, 7) is 1.83. The number of methoxy groups -OCH3 is 1. The number of nitrogens with zero attached hydrogens (tertiary/aromatic N) is 1. The normalized spacial score (nSPS) is 11.2. The highest BCUT2D eigenvalue weighted by Gasteiger charge is 2.12. The first-order valence-corrected chi connectivity index (χ1v) is 7.03. The number of para-hydroxylation sites is 1. The van der Waals surface area contributed by atoms with Crippen molar-refractivity contribution in [2.45, 2.75) is 6.92 Å². The van der Waals surface area contributed by atoms with Gasteiger partial charge in [0.1, 0.15) is 11.6 Å². The second kappa shape index (κ2) is 5.85. The molecule has 0 aliphatic rings. The molecular weight excluding hydrogens is 276 g/mol. The lowest BCUT2D eigenvalue weighted by molar-refractivity contribution is 0.104. The number of aromatic amines is 1. The topological polar surface area (TPSA) is 55.0 Å². The van der Waals surface area contributed by atoms with Gasteiger partial charge in [-0.25, -0.2) is 4.98 Å². The number of aromatic nitrogens is 2. The molecule has 0 unspecified atom stereocenters. The highest BCUT2D eigenvalue weighted by atomic mass is 16.5. The molecule has 0 fully saturated rings. The molecule has 2 aromatic carbocycles. The van der Waals surface area contributed by atoms with Gasteiger partial charge in [0.15, 0.2) is 5.78 Å². The van der Waals surface area contributed by atoms with E-state index in [-0.39, 0.29) is 5.78 Å². The van der Waals surface area contributed by atoms with E-state index < -0.39 is 0 Å². The molecule has 4 nitrogen and oxygen atoms in total. The van der Waals surface area contributed by atoms with Crippen LogP contribution in [0.4, 0.5) is 0 Å². The molecule has 110 valence electrons. The van der Waals surface area contributed by atoms with E-state index in [0.29, 0.717) is 5.56 Å². The summed E-state index contributed by atoms with van der Waals surface area (Å²) in [6.07, 6.45) is 3.30. The number of ketones is 1. The summed E-state index contributed by atoms with van der Waals surface area (Å²) in [7, 11) is 1.63. The molecule has 0 saturated heterocycles. The van der Waals surface area contributed by atoms with Crippen molar-refractivity contribution < 1.29 is 9.53 Å². The summed E-state index contributed by atoms with van der Waals surface area (Å²) in [5.41, 5.74) is 3.11. The molecular formula is C18H16N2O2. The zero-order chi connectivity index (χ0) is 15.5. The maximum Gasteiger partial charge on any atom is 0.187 e. The van der Waals surface area contributed by atoms with Gasteiger partial charge < -0.3 is 9.72 Å². The van der Waals surface area contributed by atoms with Crippen LogP contribution in [0.1, 0.15) is 17.3 Å². The third-order valence-electron chi connectivity index (χ3n) is 3.47. The quantitative estimate of drug-likeness (QED) is 0.584. The number of hydrogen-bond acceptors (Lipinski definition) is 3.